The van der Waals surface area contributed by atoms with Crippen molar-refractivity contribution in [1.29, 1.82) is 0 Å². The van der Waals surface area contributed by atoms with Crippen LogP contribution in [0.2, 0.25) is 0 Å². The Bertz CT molecular complexity index is 505. The molecule has 0 bridgehead atoms. The number of aryl methyl sites for hydroxylation is 2. The third-order valence-corrected chi connectivity index (χ3v) is 3.57. The van der Waals surface area contributed by atoms with Crippen LogP contribution in [0.4, 0.5) is 0 Å². The van der Waals surface area contributed by atoms with Crippen LogP contribution in [0.15, 0.2) is 23.3 Å². The van der Waals surface area contributed by atoms with E-state index in [0.717, 1.165) is 17.7 Å². The maximum absolute atomic E-state index is 11.3. The molecule has 1 heterocycles. The summed E-state index contributed by atoms with van der Waals surface area (Å²) in [7, 11) is 0. The van der Waals surface area contributed by atoms with Gasteiger partial charge in [0.2, 0.25) is 5.91 Å². The topological polar surface area (TPSA) is 41.5 Å². The molecule has 3 heteroatoms. The van der Waals surface area contributed by atoms with E-state index in [0.29, 0.717) is 5.92 Å². The molecule has 1 saturated carbocycles. The second-order valence-electron chi connectivity index (χ2n) is 4.72. The van der Waals surface area contributed by atoms with Gasteiger partial charge >= 0.3 is 0 Å². The van der Waals surface area contributed by atoms with Gasteiger partial charge in [0.1, 0.15) is 0 Å². The molecule has 1 aromatic carbocycles. The van der Waals surface area contributed by atoms with Crippen LogP contribution < -0.4 is 5.43 Å². The summed E-state index contributed by atoms with van der Waals surface area (Å²) in [6, 6.07) is 6.36. The van der Waals surface area contributed by atoms with Crippen molar-refractivity contribution in [3.05, 3.63) is 34.9 Å². The number of fused-ring (bicyclic) bond motifs is 1. The average Bonchev–Trinajstić information content (AvgIpc) is 3.04. The molecule has 1 amide bonds. The van der Waals surface area contributed by atoms with Gasteiger partial charge in [-0.2, -0.15) is 5.10 Å². The zero-order valence-corrected chi connectivity index (χ0v) is 9.45. The van der Waals surface area contributed by atoms with E-state index in [-0.39, 0.29) is 11.8 Å². The van der Waals surface area contributed by atoms with Gasteiger partial charge in [-0.25, -0.2) is 5.43 Å². The van der Waals surface area contributed by atoms with Gasteiger partial charge < -0.3 is 0 Å². The van der Waals surface area contributed by atoms with Crippen LogP contribution in [0.25, 0.3) is 0 Å². The molecule has 2 atom stereocenters. The Morgan fingerprint density at radius 3 is 2.81 bits per heavy atom. The number of amides is 1. The van der Waals surface area contributed by atoms with Crippen molar-refractivity contribution in [2.45, 2.75) is 20.3 Å². The lowest BCUT2D eigenvalue weighted by Gasteiger charge is -2.12. The summed E-state index contributed by atoms with van der Waals surface area (Å²) < 4.78 is 0. The molecule has 3 nitrogen and oxygen atoms in total. The van der Waals surface area contributed by atoms with E-state index in [1.54, 1.807) is 0 Å². The van der Waals surface area contributed by atoms with Crippen LogP contribution in [0.3, 0.4) is 0 Å². The Morgan fingerprint density at radius 1 is 1.25 bits per heavy atom. The Labute approximate surface area is 94.6 Å². The third-order valence-electron chi connectivity index (χ3n) is 3.57. The summed E-state index contributed by atoms with van der Waals surface area (Å²) in [5.41, 5.74) is 7.36. The van der Waals surface area contributed by atoms with Crippen molar-refractivity contribution < 1.29 is 4.79 Å². The molecule has 1 fully saturated rings. The SMILES string of the molecule is Cc1ccc(C2=NNC(=O)[C@H]3C[C@H]23)cc1C. The first-order chi connectivity index (χ1) is 7.66. The lowest BCUT2D eigenvalue weighted by Crippen LogP contribution is -2.28. The largest absolute Gasteiger partial charge is 0.273 e. The van der Waals surface area contributed by atoms with E-state index in [9.17, 15) is 4.79 Å². The quantitative estimate of drug-likeness (QED) is 0.760. The number of carbonyl (C=O) groups is 1. The first kappa shape index (κ1) is 9.58. The molecule has 1 aliphatic heterocycles. The number of benzene rings is 1. The third kappa shape index (κ3) is 1.35. The van der Waals surface area contributed by atoms with Crippen LogP contribution in [-0.4, -0.2) is 11.6 Å². The van der Waals surface area contributed by atoms with Gasteiger partial charge in [-0.1, -0.05) is 12.1 Å². The summed E-state index contributed by atoms with van der Waals surface area (Å²) in [6.45, 7) is 4.20. The van der Waals surface area contributed by atoms with Gasteiger partial charge in [-0.3, -0.25) is 4.79 Å². The molecule has 0 saturated heterocycles. The highest BCUT2D eigenvalue weighted by Crippen LogP contribution is 2.43. The standard InChI is InChI=1S/C13H14N2O/c1-7-3-4-9(5-8(7)2)12-10-6-11(10)13(16)15-14-12/h3-5,10-11H,6H2,1-2H3,(H,15,16)/t10-,11-/m0/s1. The molecule has 1 N–H and O–H groups in total. The normalized spacial score (nSPS) is 26.9. The summed E-state index contributed by atoms with van der Waals surface area (Å²) in [5, 5.41) is 4.19. The number of rotatable bonds is 1. The zero-order valence-electron chi connectivity index (χ0n) is 9.45. The fraction of sp³-hybridized carbons (Fsp3) is 0.385. The van der Waals surface area contributed by atoms with E-state index < -0.39 is 0 Å². The lowest BCUT2D eigenvalue weighted by atomic mass is 9.99. The lowest BCUT2D eigenvalue weighted by molar-refractivity contribution is -0.122. The minimum atomic E-state index is 0.0811. The zero-order chi connectivity index (χ0) is 11.3. The average molecular weight is 214 g/mol. The van der Waals surface area contributed by atoms with Crippen LogP contribution in [-0.2, 0) is 4.79 Å². The highest BCUT2D eigenvalue weighted by Gasteiger charge is 2.49. The van der Waals surface area contributed by atoms with Crippen molar-refractivity contribution in [3.63, 3.8) is 0 Å². The van der Waals surface area contributed by atoms with Gasteiger partial charge in [0.25, 0.3) is 0 Å². The van der Waals surface area contributed by atoms with Crippen LogP contribution in [0, 0.1) is 25.7 Å². The highest BCUT2D eigenvalue weighted by atomic mass is 16.2. The smallest absolute Gasteiger partial charge is 0.243 e. The monoisotopic (exact) mass is 214 g/mol. The van der Waals surface area contributed by atoms with Gasteiger partial charge in [0.05, 0.1) is 5.71 Å². The van der Waals surface area contributed by atoms with Crippen LogP contribution in [0.1, 0.15) is 23.1 Å². The van der Waals surface area contributed by atoms with Crippen LogP contribution >= 0.6 is 0 Å². The van der Waals surface area contributed by atoms with Gasteiger partial charge in [0.15, 0.2) is 0 Å². The number of carbonyl (C=O) groups excluding carboxylic acids is 1. The molecule has 16 heavy (non-hydrogen) atoms. The Morgan fingerprint density at radius 2 is 2.06 bits per heavy atom. The molecule has 2 aliphatic rings. The van der Waals surface area contributed by atoms with Crippen LogP contribution in [0.5, 0.6) is 0 Å². The molecular weight excluding hydrogens is 200 g/mol. The summed E-state index contributed by atoms with van der Waals surface area (Å²) in [5.74, 6) is 0.613. The first-order valence-electron chi connectivity index (χ1n) is 5.62. The molecule has 1 aliphatic carbocycles. The Balaban J connectivity index is 1.98. The molecule has 0 spiro atoms. The second-order valence-corrected chi connectivity index (χ2v) is 4.72. The molecule has 1 aromatic rings. The fourth-order valence-electron chi connectivity index (χ4n) is 2.25. The van der Waals surface area contributed by atoms with E-state index >= 15 is 0 Å². The minimum Gasteiger partial charge on any atom is -0.273 e. The second kappa shape index (κ2) is 3.17. The number of hydrazone groups is 1. The van der Waals surface area contributed by atoms with E-state index in [2.05, 4.69) is 42.6 Å². The van der Waals surface area contributed by atoms with E-state index in [4.69, 9.17) is 0 Å². The number of nitrogens with one attached hydrogen (secondary N) is 1. The van der Waals surface area contributed by atoms with Crippen molar-refractivity contribution in [2.75, 3.05) is 0 Å². The fourth-order valence-corrected chi connectivity index (χ4v) is 2.25. The van der Waals surface area contributed by atoms with Crippen molar-refractivity contribution in [1.82, 2.24) is 5.43 Å². The van der Waals surface area contributed by atoms with Crippen molar-refractivity contribution in [3.8, 4) is 0 Å². The molecule has 0 radical (unpaired) electrons. The van der Waals surface area contributed by atoms with Gasteiger partial charge in [-0.15, -0.1) is 0 Å². The molecule has 82 valence electrons. The summed E-state index contributed by atoms with van der Waals surface area (Å²) in [4.78, 5) is 11.3. The minimum absolute atomic E-state index is 0.0811. The predicted octanol–water partition coefficient (Wildman–Crippen LogP) is 1.77. The molecule has 3 rings (SSSR count). The number of hydrogen-bond acceptors (Lipinski definition) is 2. The predicted molar refractivity (Wildman–Crippen MR) is 62.2 cm³/mol. The molecule has 0 aromatic heterocycles. The highest BCUT2D eigenvalue weighted by molar-refractivity contribution is 6.09. The van der Waals surface area contributed by atoms with Crippen molar-refractivity contribution >= 4 is 11.6 Å². The first-order valence-corrected chi connectivity index (χ1v) is 5.62. The van der Waals surface area contributed by atoms with E-state index in [1.807, 2.05) is 0 Å². The number of hydrogen-bond donors (Lipinski definition) is 1. The molecule has 0 unspecified atom stereocenters. The Hall–Kier alpha value is -1.64. The van der Waals surface area contributed by atoms with Gasteiger partial charge in [0, 0.05) is 11.8 Å². The maximum Gasteiger partial charge on any atom is 0.243 e. The van der Waals surface area contributed by atoms with Gasteiger partial charge in [-0.05, 0) is 43.0 Å². The maximum atomic E-state index is 11.3. The van der Waals surface area contributed by atoms with Crippen molar-refractivity contribution in [2.24, 2.45) is 16.9 Å². The Kier molecular flexibility index (Phi) is 1.90. The summed E-state index contributed by atoms with van der Waals surface area (Å²) >= 11 is 0. The molecular formula is C13H14N2O. The summed E-state index contributed by atoms with van der Waals surface area (Å²) in [6.07, 6.45) is 0.956. The number of nitrogens with zero attached hydrogens (tertiary/aromatic N) is 1. The van der Waals surface area contributed by atoms with E-state index in [1.165, 1.54) is 11.1 Å².